The topological polar surface area (TPSA) is 15.3 Å². The summed E-state index contributed by atoms with van der Waals surface area (Å²) in [5.41, 5.74) is 5.41. The molecule has 21 heavy (non-hydrogen) atoms. The van der Waals surface area contributed by atoms with E-state index in [2.05, 4.69) is 79.6 Å². The van der Waals surface area contributed by atoms with Gasteiger partial charge in [-0.1, -0.05) is 49.4 Å². The minimum Gasteiger partial charge on any atom is -0.370 e. The van der Waals surface area contributed by atoms with Crippen molar-refractivity contribution >= 4 is 5.69 Å². The van der Waals surface area contributed by atoms with Crippen LogP contribution in [-0.2, 0) is 6.54 Å². The fourth-order valence-corrected chi connectivity index (χ4v) is 2.84. The zero-order valence-electron chi connectivity index (χ0n) is 13.6. The van der Waals surface area contributed by atoms with Crippen molar-refractivity contribution < 1.29 is 0 Å². The van der Waals surface area contributed by atoms with Crippen LogP contribution in [0.2, 0.25) is 0 Å². The van der Waals surface area contributed by atoms with Crippen LogP contribution in [0.4, 0.5) is 5.69 Å². The second-order valence-corrected chi connectivity index (χ2v) is 5.59. The Labute approximate surface area is 128 Å². The van der Waals surface area contributed by atoms with Gasteiger partial charge in [0.2, 0.25) is 0 Å². The van der Waals surface area contributed by atoms with E-state index in [0.29, 0.717) is 6.04 Å². The van der Waals surface area contributed by atoms with Crippen LogP contribution in [0.5, 0.6) is 0 Å². The van der Waals surface area contributed by atoms with E-state index in [4.69, 9.17) is 0 Å². The van der Waals surface area contributed by atoms with Gasteiger partial charge in [-0.2, -0.15) is 0 Å². The van der Waals surface area contributed by atoms with Crippen LogP contribution < -0.4 is 10.2 Å². The summed E-state index contributed by atoms with van der Waals surface area (Å²) in [6.07, 6.45) is 1.09. The molecule has 112 valence electrons. The van der Waals surface area contributed by atoms with E-state index in [-0.39, 0.29) is 0 Å². The maximum Gasteiger partial charge on any atom is 0.0428 e. The first-order valence-electron chi connectivity index (χ1n) is 7.69. The van der Waals surface area contributed by atoms with Crippen molar-refractivity contribution in [2.45, 2.75) is 32.9 Å². The third-order valence-corrected chi connectivity index (χ3v) is 4.15. The molecule has 0 amide bonds. The van der Waals surface area contributed by atoms with Gasteiger partial charge in [0.05, 0.1) is 0 Å². The molecule has 0 fully saturated rings. The summed E-state index contributed by atoms with van der Waals surface area (Å²) in [6.45, 7) is 5.33. The zero-order valence-corrected chi connectivity index (χ0v) is 13.6. The molecule has 0 saturated heterocycles. The summed E-state index contributed by atoms with van der Waals surface area (Å²) in [7, 11) is 4.21. The number of hydrogen-bond acceptors (Lipinski definition) is 2. The van der Waals surface area contributed by atoms with E-state index >= 15 is 0 Å². The fourth-order valence-electron chi connectivity index (χ4n) is 2.84. The van der Waals surface area contributed by atoms with E-state index in [1.807, 2.05) is 7.05 Å². The number of rotatable bonds is 6. The third kappa shape index (κ3) is 3.64. The molecule has 0 aliphatic rings. The SMILES string of the molecule is CCC(NC)c1ccccc1N(C)Cc1ccccc1C. The summed E-state index contributed by atoms with van der Waals surface area (Å²) in [4.78, 5) is 2.34. The number of para-hydroxylation sites is 1. The van der Waals surface area contributed by atoms with Gasteiger partial charge in [-0.15, -0.1) is 0 Å². The van der Waals surface area contributed by atoms with Gasteiger partial charge in [-0.05, 0) is 43.1 Å². The molecule has 0 aliphatic carbocycles. The molecule has 2 nitrogen and oxygen atoms in total. The van der Waals surface area contributed by atoms with Gasteiger partial charge in [0.25, 0.3) is 0 Å². The minimum absolute atomic E-state index is 0.403. The molecule has 0 aromatic heterocycles. The Morgan fingerprint density at radius 1 is 1.05 bits per heavy atom. The van der Waals surface area contributed by atoms with Gasteiger partial charge < -0.3 is 10.2 Å². The quantitative estimate of drug-likeness (QED) is 0.849. The highest BCUT2D eigenvalue weighted by Crippen LogP contribution is 2.28. The molecular formula is C19H26N2. The average Bonchev–Trinajstić information content (AvgIpc) is 2.51. The fraction of sp³-hybridized carbons (Fsp3) is 0.368. The molecule has 0 saturated carbocycles. The van der Waals surface area contributed by atoms with E-state index < -0.39 is 0 Å². The summed E-state index contributed by atoms with van der Waals surface area (Å²) in [5.74, 6) is 0. The second-order valence-electron chi connectivity index (χ2n) is 5.59. The van der Waals surface area contributed by atoms with E-state index in [1.165, 1.54) is 22.4 Å². The van der Waals surface area contributed by atoms with Crippen LogP contribution >= 0.6 is 0 Å². The lowest BCUT2D eigenvalue weighted by atomic mass is 10.0. The summed E-state index contributed by atoms with van der Waals surface area (Å²) in [5, 5.41) is 3.41. The first-order chi connectivity index (χ1) is 10.2. The van der Waals surface area contributed by atoms with Crippen molar-refractivity contribution in [2.75, 3.05) is 19.0 Å². The zero-order chi connectivity index (χ0) is 15.2. The molecule has 0 radical (unpaired) electrons. The maximum atomic E-state index is 3.41. The molecule has 1 unspecified atom stereocenters. The summed E-state index contributed by atoms with van der Waals surface area (Å²) in [6, 6.07) is 17.7. The van der Waals surface area contributed by atoms with Crippen molar-refractivity contribution in [3.63, 3.8) is 0 Å². The summed E-state index contributed by atoms with van der Waals surface area (Å²) < 4.78 is 0. The highest BCUT2D eigenvalue weighted by Gasteiger charge is 2.14. The Morgan fingerprint density at radius 3 is 2.38 bits per heavy atom. The van der Waals surface area contributed by atoms with Crippen LogP contribution in [0.15, 0.2) is 48.5 Å². The van der Waals surface area contributed by atoms with Gasteiger partial charge in [0, 0.05) is 25.3 Å². The Morgan fingerprint density at radius 2 is 1.71 bits per heavy atom. The van der Waals surface area contributed by atoms with E-state index in [9.17, 15) is 0 Å². The van der Waals surface area contributed by atoms with Crippen molar-refractivity contribution in [1.29, 1.82) is 0 Å². The number of nitrogens with one attached hydrogen (secondary N) is 1. The molecule has 1 N–H and O–H groups in total. The largest absolute Gasteiger partial charge is 0.370 e. The first-order valence-corrected chi connectivity index (χ1v) is 7.69. The molecule has 2 rings (SSSR count). The number of nitrogens with zero attached hydrogens (tertiary/aromatic N) is 1. The molecule has 2 heteroatoms. The number of anilines is 1. The van der Waals surface area contributed by atoms with Crippen molar-refractivity contribution in [2.24, 2.45) is 0 Å². The highest BCUT2D eigenvalue weighted by molar-refractivity contribution is 5.55. The molecule has 2 aromatic carbocycles. The lowest BCUT2D eigenvalue weighted by Gasteiger charge is -2.26. The second kappa shape index (κ2) is 7.28. The predicted molar refractivity (Wildman–Crippen MR) is 91.8 cm³/mol. The van der Waals surface area contributed by atoms with E-state index in [0.717, 1.165) is 13.0 Å². The average molecular weight is 282 g/mol. The molecular weight excluding hydrogens is 256 g/mol. The molecule has 0 bridgehead atoms. The van der Waals surface area contributed by atoms with Gasteiger partial charge in [-0.25, -0.2) is 0 Å². The lowest BCUT2D eigenvalue weighted by Crippen LogP contribution is -2.22. The lowest BCUT2D eigenvalue weighted by molar-refractivity contribution is 0.575. The number of aryl methyl sites for hydroxylation is 1. The number of benzene rings is 2. The molecule has 1 atom stereocenters. The third-order valence-electron chi connectivity index (χ3n) is 4.15. The van der Waals surface area contributed by atoms with Crippen molar-refractivity contribution in [3.8, 4) is 0 Å². The Balaban J connectivity index is 2.27. The summed E-state index contributed by atoms with van der Waals surface area (Å²) >= 11 is 0. The molecule has 0 aliphatic heterocycles. The van der Waals surface area contributed by atoms with Crippen LogP contribution in [-0.4, -0.2) is 14.1 Å². The smallest absolute Gasteiger partial charge is 0.0428 e. The van der Waals surface area contributed by atoms with Crippen LogP contribution in [0, 0.1) is 6.92 Å². The van der Waals surface area contributed by atoms with Crippen LogP contribution in [0.1, 0.15) is 36.1 Å². The van der Waals surface area contributed by atoms with Gasteiger partial charge in [0.1, 0.15) is 0 Å². The molecule has 2 aromatic rings. The Hall–Kier alpha value is -1.80. The molecule has 0 heterocycles. The monoisotopic (exact) mass is 282 g/mol. The molecule has 0 spiro atoms. The van der Waals surface area contributed by atoms with Gasteiger partial charge in [0.15, 0.2) is 0 Å². The van der Waals surface area contributed by atoms with Crippen molar-refractivity contribution in [3.05, 3.63) is 65.2 Å². The van der Waals surface area contributed by atoms with Crippen LogP contribution in [0.25, 0.3) is 0 Å². The van der Waals surface area contributed by atoms with Gasteiger partial charge >= 0.3 is 0 Å². The van der Waals surface area contributed by atoms with Crippen LogP contribution in [0.3, 0.4) is 0 Å². The van der Waals surface area contributed by atoms with Crippen molar-refractivity contribution in [1.82, 2.24) is 5.32 Å². The Kier molecular flexibility index (Phi) is 5.40. The first kappa shape index (κ1) is 15.6. The number of hydrogen-bond donors (Lipinski definition) is 1. The predicted octanol–water partition coefficient (Wildman–Crippen LogP) is 4.30. The van der Waals surface area contributed by atoms with E-state index in [1.54, 1.807) is 0 Å². The highest BCUT2D eigenvalue weighted by atomic mass is 15.1. The standard InChI is InChI=1S/C19H26N2/c1-5-18(20-3)17-12-8-9-13-19(17)21(4)14-16-11-7-6-10-15(16)2/h6-13,18,20H,5,14H2,1-4H3. The van der Waals surface area contributed by atoms with Gasteiger partial charge in [-0.3, -0.25) is 0 Å². The Bertz CT molecular complexity index is 573. The minimum atomic E-state index is 0.403. The normalized spacial score (nSPS) is 12.2. The maximum absolute atomic E-state index is 3.41.